The molecule has 0 N–H and O–H groups in total. The van der Waals surface area contributed by atoms with E-state index in [0.717, 1.165) is 5.69 Å². The lowest BCUT2D eigenvalue weighted by Gasteiger charge is -2.11. The molecule has 0 saturated carbocycles. The van der Waals surface area contributed by atoms with Crippen molar-refractivity contribution in [2.75, 3.05) is 0 Å². The van der Waals surface area contributed by atoms with E-state index in [1.54, 1.807) is 0 Å². The summed E-state index contributed by atoms with van der Waals surface area (Å²) in [6.07, 6.45) is 0. The van der Waals surface area contributed by atoms with Crippen molar-refractivity contribution in [2.24, 2.45) is 0 Å². The van der Waals surface area contributed by atoms with E-state index in [4.69, 9.17) is 0 Å². The highest BCUT2D eigenvalue weighted by Crippen LogP contribution is 2.43. The van der Waals surface area contributed by atoms with Gasteiger partial charge in [0.1, 0.15) is 0 Å². The third-order valence-electron chi connectivity index (χ3n) is 10.5. The van der Waals surface area contributed by atoms with E-state index in [9.17, 15) is 0 Å². The molecule has 0 unspecified atom stereocenters. The van der Waals surface area contributed by atoms with Crippen LogP contribution in [0.3, 0.4) is 0 Å². The molecule has 0 atom stereocenters. The van der Waals surface area contributed by atoms with Crippen LogP contribution < -0.4 is 0 Å². The van der Waals surface area contributed by atoms with Gasteiger partial charge in [-0.05, 0) is 82.9 Å². The fraction of sp³-hybridized carbons (Fsp3) is 0. The molecular formula is C48H30N2S. The number of benzene rings is 8. The lowest BCUT2D eigenvalue weighted by molar-refractivity contribution is 1.16. The van der Waals surface area contributed by atoms with Crippen LogP contribution in [-0.2, 0) is 0 Å². The second-order valence-electron chi connectivity index (χ2n) is 13.3. The Hall–Kier alpha value is -6.42. The number of rotatable bonds is 4. The molecule has 0 aliphatic rings. The van der Waals surface area contributed by atoms with Gasteiger partial charge in [0.2, 0.25) is 0 Å². The van der Waals surface area contributed by atoms with Crippen LogP contribution in [0.25, 0.3) is 97.4 Å². The standard InChI is InChI=1S/C48H30N2S/c1-3-12-31(13-4-1)33-24-27-47-42(28-33)39-19-11-18-36(48(39)51-47)32-22-25-35(26-23-32)50-44-21-10-8-17-38(44)41-29-40-37-16-7-9-20-43(37)49(45(40)30-46(41)50)34-14-5-2-6-15-34/h1-30H. The summed E-state index contributed by atoms with van der Waals surface area (Å²) >= 11 is 1.89. The second kappa shape index (κ2) is 11.0. The Balaban J connectivity index is 1.09. The predicted molar refractivity (Wildman–Crippen MR) is 219 cm³/mol. The van der Waals surface area contributed by atoms with Crippen molar-refractivity contribution in [1.82, 2.24) is 9.13 Å². The summed E-state index contributed by atoms with van der Waals surface area (Å²) in [7, 11) is 0. The molecule has 3 aromatic heterocycles. The van der Waals surface area contributed by atoms with Crippen LogP contribution >= 0.6 is 11.3 Å². The van der Waals surface area contributed by atoms with Crippen molar-refractivity contribution in [3.63, 3.8) is 0 Å². The fourth-order valence-corrected chi connectivity index (χ4v) is 9.41. The third-order valence-corrected chi connectivity index (χ3v) is 11.7. The van der Waals surface area contributed by atoms with Crippen molar-refractivity contribution < 1.29 is 0 Å². The van der Waals surface area contributed by atoms with Gasteiger partial charge in [-0.25, -0.2) is 0 Å². The molecule has 11 aromatic rings. The van der Waals surface area contributed by atoms with Gasteiger partial charge in [0.15, 0.2) is 0 Å². The van der Waals surface area contributed by atoms with Crippen LogP contribution in [0.4, 0.5) is 0 Å². The highest BCUT2D eigenvalue weighted by atomic mass is 32.1. The first-order valence-corrected chi connectivity index (χ1v) is 18.3. The molecule has 0 spiro atoms. The molecule has 8 aromatic carbocycles. The number of hydrogen-bond donors (Lipinski definition) is 0. The lowest BCUT2D eigenvalue weighted by Crippen LogP contribution is -1.95. The second-order valence-corrected chi connectivity index (χ2v) is 14.4. The van der Waals surface area contributed by atoms with Crippen LogP contribution in [0.15, 0.2) is 182 Å². The van der Waals surface area contributed by atoms with Crippen molar-refractivity contribution in [3.8, 4) is 33.6 Å². The molecule has 3 heteroatoms. The minimum Gasteiger partial charge on any atom is -0.309 e. The SMILES string of the molecule is c1ccc(-c2ccc3sc4c(-c5ccc(-n6c7ccccc7c7cc8c9ccccc9n(-c9ccccc9)c8cc76)cc5)cccc4c3c2)cc1. The van der Waals surface area contributed by atoms with E-state index in [1.165, 1.54) is 91.7 Å². The van der Waals surface area contributed by atoms with Gasteiger partial charge >= 0.3 is 0 Å². The fourth-order valence-electron chi connectivity index (χ4n) is 8.19. The smallest absolute Gasteiger partial charge is 0.0562 e. The van der Waals surface area contributed by atoms with Crippen LogP contribution in [0.5, 0.6) is 0 Å². The first-order chi connectivity index (χ1) is 25.3. The number of hydrogen-bond acceptors (Lipinski definition) is 1. The van der Waals surface area contributed by atoms with Crippen LogP contribution in [0, 0.1) is 0 Å². The molecule has 0 radical (unpaired) electrons. The largest absolute Gasteiger partial charge is 0.309 e. The number of thiophene rings is 1. The zero-order valence-electron chi connectivity index (χ0n) is 27.6. The van der Waals surface area contributed by atoms with E-state index in [-0.39, 0.29) is 0 Å². The summed E-state index contributed by atoms with van der Waals surface area (Å²) in [6, 6.07) is 66.6. The Labute approximate surface area is 298 Å². The summed E-state index contributed by atoms with van der Waals surface area (Å²) in [6.45, 7) is 0. The van der Waals surface area contributed by atoms with Crippen molar-refractivity contribution >= 4 is 75.1 Å². The Bertz CT molecular complexity index is 3110. The zero-order valence-corrected chi connectivity index (χ0v) is 28.4. The summed E-state index contributed by atoms with van der Waals surface area (Å²) < 4.78 is 7.49. The van der Waals surface area contributed by atoms with E-state index >= 15 is 0 Å². The molecule has 0 amide bonds. The van der Waals surface area contributed by atoms with Crippen LogP contribution in [0.1, 0.15) is 0 Å². The highest BCUT2D eigenvalue weighted by molar-refractivity contribution is 7.26. The summed E-state index contributed by atoms with van der Waals surface area (Å²) in [5.41, 5.74) is 12.2. The van der Waals surface area contributed by atoms with E-state index in [0.29, 0.717) is 0 Å². The van der Waals surface area contributed by atoms with Gasteiger partial charge in [0, 0.05) is 53.1 Å². The normalized spacial score (nSPS) is 11.9. The number of aromatic nitrogens is 2. The number of para-hydroxylation sites is 3. The van der Waals surface area contributed by atoms with E-state index in [1.807, 2.05) is 11.3 Å². The highest BCUT2D eigenvalue weighted by Gasteiger charge is 2.19. The van der Waals surface area contributed by atoms with Crippen molar-refractivity contribution in [1.29, 1.82) is 0 Å². The molecule has 0 aliphatic carbocycles. The zero-order chi connectivity index (χ0) is 33.5. The van der Waals surface area contributed by atoms with Gasteiger partial charge in [-0.3, -0.25) is 0 Å². The van der Waals surface area contributed by atoms with E-state index < -0.39 is 0 Å². The molecule has 0 aliphatic heterocycles. The molecule has 11 rings (SSSR count). The summed E-state index contributed by atoms with van der Waals surface area (Å²) in [5.74, 6) is 0. The molecular weight excluding hydrogens is 637 g/mol. The molecule has 0 saturated heterocycles. The predicted octanol–water partition coefficient (Wildman–Crippen LogP) is 13.6. The number of nitrogens with zero attached hydrogens (tertiary/aromatic N) is 2. The van der Waals surface area contributed by atoms with Gasteiger partial charge in [-0.1, -0.05) is 121 Å². The van der Waals surface area contributed by atoms with Crippen LogP contribution in [0.2, 0.25) is 0 Å². The number of fused-ring (bicyclic) bond motifs is 9. The maximum Gasteiger partial charge on any atom is 0.0562 e. The minimum absolute atomic E-state index is 1.16. The maximum atomic E-state index is 2.44. The average Bonchev–Trinajstić information content (AvgIpc) is 3.85. The molecule has 0 fully saturated rings. The topological polar surface area (TPSA) is 9.86 Å². The van der Waals surface area contributed by atoms with Gasteiger partial charge in [0.25, 0.3) is 0 Å². The molecule has 238 valence electrons. The molecule has 3 heterocycles. The van der Waals surface area contributed by atoms with Gasteiger partial charge < -0.3 is 9.13 Å². The monoisotopic (exact) mass is 666 g/mol. The first-order valence-electron chi connectivity index (χ1n) is 17.4. The van der Waals surface area contributed by atoms with Gasteiger partial charge in [-0.2, -0.15) is 0 Å². The Morgan fingerprint density at radius 2 is 0.882 bits per heavy atom. The van der Waals surface area contributed by atoms with Crippen molar-refractivity contribution in [2.45, 2.75) is 0 Å². The van der Waals surface area contributed by atoms with Gasteiger partial charge in [-0.15, -0.1) is 11.3 Å². The quantitative estimate of drug-likeness (QED) is 0.177. The van der Waals surface area contributed by atoms with E-state index in [2.05, 4.69) is 191 Å². The minimum atomic E-state index is 1.16. The average molecular weight is 667 g/mol. The molecule has 2 nitrogen and oxygen atoms in total. The van der Waals surface area contributed by atoms with Crippen molar-refractivity contribution in [3.05, 3.63) is 182 Å². The van der Waals surface area contributed by atoms with Crippen LogP contribution in [-0.4, -0.2) is 9.13 Å². The summed E-state index contributed by atoms with van der Waals surface area (Å²) in [5, 5.41) is 7.70. The molecule has 0 bridgehead atoms. The third kappa shape index (κ3) is 4.29. The Morgan fingerprint density at radius 1 is 0.314 bits per heavy atom. The Morgan fingerprint density at radius 3 is 1.57 bits per heavy atom. The summed E-state index contributed by atoms with van der Waals surface area (Å²) in [4.78, 5) is 0. The Kier molecular flexibility index (Phi) is 6.16. The maximum absolute atomic E-state index is 2.44. The first kappa shape index (κ1) is 28.4. The molecule has 51 heavy (non-hydrogen) atoms. The lowest BCUT2D eigenvalue weighted by atomic mass is 10.00. The van der Waals surface area contributed by atoms with Gasteiger partial charge in [0.05, 0.1) is 22.1 Å².